The number of nitrogens with zero attached hydrogens (tertiary/aromatic N) is 4. The number of aryl methyl sites for hydroxylation is 4. The zero-order valence-electron chi connectivity index (χ0n) is 18.0. The number of amides is 1. The van der Waals surface area contributed by atoms with Crippen LogP contribution in [0.15, 0.2) is 41.5 Å². The number of nitrogens with one attached hydrogen (secondary N) is 1. The van der Waals surface area contributed by atoms with Gasteiger partial charge in [0.2, 0.25) is 5.91 Å². The molecule has 0 aliphatic rings. The van der Waals surface area contributed by atoms with Crippen molar-refractivity contribution in [3.8, 4) is 5.69 Å². The highest BCUT2D eigenvalue weighted by atomic mass is 32.1. The van der Waals surface area contributed by atoms with Crippen molar-refractivity contribution in [2.24, 2.45) is 0 Å². The van der Waals surface area contributed by atoms with Crippen molar-refractivity contribution in [3.05, 3.63) is 68.7 Å². The fourth-order valence-electron chi connectivity index (χ4n) is 3.46. The first-order valence-corrected chi connectivity index (χ1v) is 10.9. The van der Waals surface area contributed by atoms with Crippen molar-refractivity contribution in [3.63, 3.8) is 0 Å². The topological polar surface area (TPSA) is 81.8 Å². The van der Waals surface area contributed by atoms with Crippen LogP contribution in [0.3, 0.4) is 0 Å². The van der Waals surface area contributed by atoms with Gasteiger partial charge in [-0.2, -0.15) is 18.3 Å². The number of carbonyl (C=O) groups is 1. The Morgan fingerprint density at radius 3 is 2.67 bits per heavy atom. The first-order valence-electron chi connectivity index (χ1n) is 10.0. The van der Waals surface area contributed by atoms with Crippen LogP contribution in [-0.4, -0.2) is 25.2 Å². The quantitative estimate of drug-likeness (QED) is 0.457. The summed E-state index contributed by atoms with van der Waals surface area (Å²) in [6, 6.07) is 6.26. The van der Waals surface area contributed by atoms with Crippen LogP contribution in [0.5, 0.6) is 0 Å². The van der Waals surface area contributed by atoms with Crippen LogP contribution < -0.4 is 10.9 Å². The highest BCUT2D eigenvalue weighted by Crippen LogP contribution is 2.31. The third kappa shape index (κ3) is 4.54. The number of carbonyl (C=O) groups excluding carboxylic acids is 1. The standard InChI is InChI=1S/C22H20F3N5O2S/c1-12-9-17(30(28-12)16-6-4-5-15(10-16)22(23,24)25)27-18(31)7-8-29-11-26-20-19(21(29)32)13(2)14(3)33-20/h4-6,9-11H,7-8H2,1-3H3,(H,27,31). The maximum Gasteiger partial charge on any atom is 0.416 e. The monoisotopic (exact) mass is 475 g/mol. The molecule has 7 nitrogen and oxygen atoms in total. The molecule has 11 heteroatoms. The summed E-state index contributed by atoms with van der Waals surface area (Å²) in [5, 5.41) is 7.44. The van der Waals surface area contributed by atoms with E-state index in [-0.39, 0.29) is 30.0 Å². The van der Waals surface area contributed by atoms with Crippen LogP contribution in [0.4, 0.5) is 19.0 Å². The highest BCUT2D eigenvalue weighted by molar-refractivity contribution is 7.18. The molecule has 1 N–H and O–H groups in total. The highest BCUT2D eigenvalue weighted by Gasteiger charge is 2.30. The molecule has 0 aliphatic carbocycles. The lowest BCUT2D eigenvalue weighted by molar-refractivity contribution is -0.137. The molecule has 33 heavy (non-hydrogen) atoms. The lowest BCUT2D eigenvalue weighted by Crippen LogP contribution is -2.24. The molecule has 0 spiro atoms. The molecule has 0 aliphatic heterocycles. The van der Waals surface area contributed by atoms with Gasteiger partial charge in [0.25, 0.3) is 5.56 Å². The number of anilines is 1. The van der Waals surface area contributed by atoms with Gasteiger partial charge < -0.3 is 5.32 Å². The number of alkyl halides is 3. The number of fused-ring (bicyclic) bond motifs is 1. The van der Waals surface area contributed by atoms with E-state index in [1.807, 2.05) is 13.8 Å². The van der Waals surface area contributed by atoms with Gasteiger partial charge in [-0.25, -0.2) is 9.67 Å². The Balaban J connectivity index is 1.53. The average molecular weight is 475 g/mol. The Hall–Kier alpha value is -3.47. The number of hydrogen-bond acceptors (Lipinski definition) is 5. The van der Waals surface area contributed by atoms with Gasteiger partial charge in [-0.3, -0.25) is 14.2 Å². The molecule has 4 rings (SSSR count). The van der Waals surface area contributed by atoms with Crippen LogP contribution in [0.1, 0.15) is 28.1 Å². The molecule has 0 saturated carbocycles. The fraction of sp³-hybridized carbons (Fsp3) is 0.273. The van der Waals surface area contributed by atoms with Crippen LogP contribution in [0.25, 0.3) is 15.9 Å². The van der Waals surface area contributed by atoms with E-state index in [0.717, 1.165) is 22.6 Å². The summed E-state index contributed by atoms with van der Waals surface area (Å²) in [5.74, 6) is -0.171. The summed E-state index contributed by atoms with van der Waals surface area (Å²) >= 11 is 1.45. The minimum Gasteiger partial charge on any atom is -0.311 e. The second kappa shape index (κ2) is 8.47. The van der Waals surface area contributed by atoms with E-state index in [1.54, 1.807) is 13.0 Å². The smallest absolute Gasteiger partial charge is 0.311 e. The first-order chi connectivity index (χ1) is 15.5. The van der Waals surface area contributed by atoms with Gasteiger partial charge in [0, 0.05) is 23.9 Å². The van der Waals surface area contributed by atoms with Crippen molar-refractivity contribution < 1.29 is 18.0 Å². The summed E-state index contributed by atoms with van der Waals surface area (Å²) < 4.78 is 41.9. The fourth-order valence-corrected chi connectivity index (χ4v) is 4.44. The molecule has 3 heterocycles. The van der Waals surface area contributed by atoms with Gasteiger partial charge in [-0.1, -0.05) is 6.07 Å². The lowest BCUT2D eigenvalue weighted by Gasteiger charge is -2.12. The van der Waals surface area contributed by atoms with E-state index in [9.17, 15) is 22.8 Å². The summed E-state index contributed by atoms with van der Waals surface area (Å²) in [7, 11) is 0. The van der Waals surface area contributed by atoms with E-state index in [0.29, 0.717) is 15.9 Å². The summed E-state index contributed by atoms with van der Waals surface area (Å²) in [4.78, 5) is 31.4. The molecule has 0 atom stereocenters. The summed E-state index contributed by atoms with van der Waals surface area (Å²) in [5.41, 5.74) is 0.553. The number of benzene rings is 1. The minimum absolute atomic E-state index is 0.0257. The van der Waals surface area contributed by atoms with Gasteiger partial charge >= 0.3 is 6.18 Å². The number of halogens is 3. The van der Waals surface area contributed by atoms with Crippen molar-refractivity contribution in [1.29, 1.82) is 0 Å². The predicted octanol–water partition coefficient (Wildman–Crippen LogP) is 4.62. The van der Waals surface area contributed by atoms with E-state index >= 15 is 0 Å². The normalized spacial score (nSPS) is 11.8. The molecule has 3 aromatic heterocycles. The third-order valence-corrected chi connectivity index (χ3v) is 6.37. The number of hydrogen-bond donors (Lipinski definition) is 1. The summed E-state index contributed by atoms with van der Waals surface area (Å²) in [6.07, 6.45) is -3.10. The van der Waals surface area contributed by atoms with Crippen molar-refractivity contribution in [2.45, 2.75) is 39.9 Å². The maximum atomic E-state index is 13.1. The van der Waals surface area contributed by atoms with Crippen LogP contribution >= 0.6 is 11.3 Å². The van der Waals surface area contributed by atoms with E-state index < -0.39 is 17.6 Å². The second-order valence-electron chi connectivity index (χ2n) is 7.64. The minimum atomic E-state index is -4.50. The van der Waals surface area contributed by atoms with E-state index in [4.69, 9.17) is 0 Å². The van der Waals surface area contributed by atoms with Crippen LogP contribution in [0, 0.1) is 20.8 Å². The van der Waals surface area contributed by atoms with Crippen LogP contribution in [-0.2, 0) is 17.5 Å². The van der Waals surface area contributed by atoms with E-state index in [2.05, 4.69) is 15.4 Å². The molecule has 0 saturated heterocycles. The molecule has 4 aromatic rings. The van der Waals surface area contributed by atoms with Gasteiger partial charge in [-0.15, -0.1) is 11.3 Å². The maximum absolute atomic E-state index is 13.1. The lowest BCUT2D eigenvalue weighted by atomic mass is 10.2. The predicted molar refractivity (Wildman–Crippen MR) is 120 cm³/mol. The summed E-state index contributed by atoms with van der Waals surface area (Å²) in [6.45, 7) is 5.57. The van der Waals surface area contributed by atoms with Gasteiger partial charge in [0.1, 0.15) is 10.6 Å². The number of thiophene rings is 1. The van der Waals surface area contributed by atoms with Crippen molar-refractivity contribution in [1.82, 2.24) is 19.3 Å². The van der Waals surface area contributed by atoms with Gasteiger partial charge in [0.05, 0.1) is 28.7 Å². The largest absolute Gasteiger partial charge is 0.416 e. The Bertz CT molecular complexity index is 1420. The van der Waals surface area contributed by atoms with Crippen molar-refractivity contribution in [2.75, 3.05) is 5.32 Å². The average Bonchev–Trinajstić information content (AvgIpc) is 3.26. The van der Waals surface area contributed by atoms with E-state index in [1.165, 1.54) is 39.0 Å². The molecule has 1 amide bonds. The molecule has 0 bridgehead atoms. The molecule has 1 aromatic carbocycles. The SMILES string of the molecule is Cc1cc(NC(=O)CCn2cnc3sc(C)c(C)c3c2=O)n(-c2cccc(C(F)(F)F)c2)n1. The number of rotatable bonds is 5. The molecular formula is C22H20F3N5O2S. The van der Waals surface area contributed by atoms with Crippen molar-refractivity contribution >= 4 is 33.3 Å². The Morgan fingerprint density at radius 1 is 1.18 bits per heavy atom. The Morgan fingerprint density at radius 2 is 1.94 bits per heavy atom. The first kappa shape index (κ1) is 22.7. The number of aromatic nitrogens is 4. The molecular weight excluding hydrogens is 455 g/mol. The third-order valence-electron chi connectivity index (χ3n) is 5.25. The van der Waals surface area contributed by atoms with Crippen LogP contribution in [0.2, 0.25) is 0 Å². The van der Waals surface area contributed by atoms with Gasteiger partial charge in [-0.05, 0) is 44.5 Å². The van der Waals surface area contributed by atoms with Gasteiger partial charge in [0.15, 0.2) is 0 Å². The Kier molecular flexibility index (Phi) is 5.83. The molecule has 0 radical (unpaired) electrons. The zero-order valence-corrected chi connectivity index (χ0v) is 18.8. The molecule has 0 unspecified atom stereocenters. The second-order valence-corrected chi connectivity index (χ2v) is 8.84. The molecule has 0 fully saturated rings. The molecule has 172 valence electrons. The Labute approximate surface area is 190 Å². The zero-order chi connectivity index (χ0) is 23.9.